The molecule has 1 unspecified atom stereocenters. The Hall–Kier alpha value is -1.28. The van der Waals surface area contributed by atoms with Gasteiger partial charge in [0.15, 0.2) is 0 Å². The summed E-state index contributed by atoms with van der Waals surface area (Å²) in [6.45, 7) is 8.08. The van der Waals surface area contributed by atoms with Crippen molar-refractivity contribution in [3.63, 3.8) is 0 Å². The molecule has 2 nitrogen and oxygen atoms in total. The monoisotopic (exact) mass is 205 g/mol. The molecule has 0 saturated carbocycles. The second-order valence-corrected chi connectivity index (χ2v) is 3.81. The van der Waals surface area contributed by atoms with Gasteiger partial charge in [-0.05, 0) is 27.0 Å². The molecule has 1 atom stereocenters. The minimum atomic E-state index is 0.153. The van der Waals surface area contributed by atoms with Gasteiger partial charge in [-0.2, -0.15) is 0 Å². The van der Waals surface area contributed by atoms with Crippen LogP contribution in [0.5, 0.6) is 5.75 Å². The van der Waals surface area contributed by atoms with E-state index in [1.807, 2.05) is 26.1 Å². The second-order valence-electron chi connectivity index (χ2n) is 3.81. The lowest BCUT2D eigenvalue weighted by molar-refractivity contribution is 0.405. The van der Waals surface area contributed by atoms with E-state index >= 15 is 0 Å². The van der Waals surface area contributed by atoms with E-state index < -0.39 is 0 Å². The summed E-state index contributed by atoms with van der Waals surface area (Å²) in [5.74, 6) is 0.906. The van der Waals surface area contributed by atoms with Crippen molar-refractivity contribution in [2.24, 2.45) is 0 Å². The molecule has 2 heteroatoms. The van der Waals surface area contributed by atoms with Gasteiger partial charge in [0.05, 0.1) is 13.2 Å². The van der Waals surface area contributed by atoms with Gasteiger partial charge >= 0.3 is 0 Å². The van der Waals surface area contributed by atoms with E-state index in [1.54, 1.807) is 7.11 Å². The van der Waals surface area contributed by atoms with Crippen molar-refractivity contribution in [1.82, 2.24) is 5.32 Å². The fourth-order valence-corrected chi connectivity index (χ4v) is 1.75. The Morgan fingerprint density at radius 3 is 2.60 bits per heavy atom. The summed E-state index contributed by atoms with van der Waals surface area (Å²) in [7, 11) is 3.63. The van der Waals surface area contributed by atoms with Gasteiger partial charge in [0.2, 0.25) is 0 Å². The Labute approximate surface area is 92.0 Å². The Balaban J connectivity index is 3.19. The summed E-state index contributed by atoms with van der Waals surface area (Å²) >= 11 is 0. The van der Waals surface area contributed by atoms with Crippen LogP contribution in [-0.4, -0.2) is 14.2 Å². The van der Waals surface area contributed by atoms with E-state index in [0.29, 0.717) is 0 Å². The maximum absolute atomic E-state index is 5.35. The minimum absolute atomic E-state index is 0.153. The van der Waals surface area contributed by atoms with Gasteiger partial charge in [-0.3, -0.25) is 0 Å². The van der Waals surface area contributed by atoms with Crippen LogP contribution in [0.3, 0.4) is 0 Å². The van der Waals surface area contributed by atoms with Crippen LogP contribution in [0, 0.1) is 6.92 Å². The minimum Gasteiger partial charge on any atom is -0.496 e. The molecule has 0 fully saturated rings. The molecule has 0 spiro atoms. The molecule has 0 aromatic heterocycles. The SMILES string of the molecule is C=C(C)C(NC)c1cc(C)ccc1OC. The second kappa shape index (κ2) is 4.99. The van der Waals surface area contributed by atoms with Gasteiger partial charge < -0.3 is 10.1 Å². The van der Waals surface area contributed by atoms with Gasteiger partial charge in [-0.1, -0.05) is 29.8 Å². The van der Waals surface area contributed by atoms with Gasteiger partial charge in [0.25, 0.3) is 0 Å². The van der Waals surface area contributed by atoms with Crippen LogP contribution in [-0.2, 0) is 0 Å². The third-order valence-corrected chi connectivity index (χ3v) is 2.48. The van der Waals surface area contributed by atoms with Gasteiger partial charge in [0.1, 0.15) is 5.75 Å². The summed E-state index contributed by atoms with van der Waals surface area (Å²) in [5, 5.41) is 3.24. The van der Waals surface area contributed by atoms with Crippen molar-refractivity contribution in [3.8, 4) is 5.75 Å². The van der Waals surface area contributed by atoms with Crippen LogP contribution >= 0.6 is 0 Å². The summed E-state index contributed by atoms with van der Waals surface area (Å²) < 4.78 is 5.35. The van der Waals surface area contributed by atoms with Crippen molar-refractivity contribution >= 4 is 0 Å². The van der Waals surface area contributed by atoms with Crippen molar-refractivity contribution < 1.29 is 4.74 Å². The van der Waals surface area contributed by atoms with Crippen LogP contribution in [0.25, 0.3) is 0 Å². The third kappa shape index (κ3) is 2.60. The standard InChI is InChI=1S/C13H19NO/c1-9(2)13(14-4)11-8-10(3)6-7-12(11)15-5/h6-8,13-14H,1H2,2-5H3. The number of ether oxygens (including phenoxy) is 1. The third-order valence-electron chi connectivity index (χ3n) is 2.48. The average Bonchev–Trinajstić information content (AvgIpc) is 2.18. The van der Waals surface area contributed by atoms with Gasteiger partial charge in [-0.25, -0.2) is 0 Å². The van der Waals surface area contributed by atoms with Crippen molar-refractivity contribution in [3.05, 3.63) is 41.5 Å². The number of rotatable bonds is 4. The number of benzene rings is 1. The number of likely N-dealkylation sites (N-methyl/N-ethyl adjacent to an activating group) is 1. The van der Waals surface area contributed by atoms with E-state index in [1.165, 1.54) is 5.56 Å². The fraction of sp³-hybridized carbons (Fsp3) is 0.385. The molecule has 0 radical (unpaired) electrons. The van der Waals surface area contributed by atoms with E-state index in [-0.39, 0.29) is 6.04 Å². The molecule has 1 aromatic rings. The van der Waals surface area contributed by atoms with Crippen molar-refractivity contribution in [2.45, 2.75) is 19.9 Å². The number of methoxy groups -OCH3 is 1. The van der Waals surface area contributed by atoms with E-state index in [9.17, 15) is 0 Å². The molecular weight excluding hydrogens is 186 g/mol. The van der Waals surface area contributed by atoms with Gasteiger partial charge in [0, 0.05) is 5.56 Å². The average molecular weight is 205 g/mol. The molecular formula is C13H19NO. The first-order chi connectivity index (χ1) is 7.10. The van der Waals surface area contributed by atoms with Crippen LogP contribution in [0.2, 0.25) is 0 Å². The molecule has 1 N–H and O–H groups in total. The van der Waals surface area contributed by atoms with E-state index in [0.717, 1.165) is 16.9 Å². The molecule has 0 aliphatic rings. The predicted octanol–water partition coefficient (Wildman–Crippen LogP) is 2.84. The highest BCUT2D eigenvalue weighted by atomic mass is 16.5. The Kier molecular flexibility index (Phi) is 3.92. The first kappa shape index (κ1) is 11.8. The molecule has 0 aliphatic heterocycles. The molecule has 1 aromatic carbocycles. The van der Waals surface area contributed by atoms with E-state index in [4.69, 9.17) is 4.74 Å². The number of nitrogens with one attached hydrogen (secondary N) is 1. The maximum Gasteiger partial charge on any atom is 0.123 e. The number of hydrogen-bond acceptors (Lipinski definition) is 2. The van der Waals surface area contributed by atoms with Crippen LogP contribution < -0.4 is 10.1 Å². The maximum atomic E-state index is 5.35. The zero-order valence-electron chi connectivity index (χ0n) is 9.92. The summed E-state index contributed by atoms with van der Waals surface area (Å²) in [6, 6.07) is 6.33. The lowest BCUT2D eigenvalue weighted by Gasteiger charge is -2.20. The first-order valence-electron chi connectivity index (χ1n) is 5.07. The molecule has 82 valence electrons. The molecule has 1 rings (SSSR count). The van der Waals surface area contributed by atoms with Crippen LogP contribution in [0.4, 0.5) is 0 Å². The molecule has 0 heterocycles. The summed E-state index contributed by atoms with van der Waals surface area (Å²) in [4.78, 5) is 0. The Bertz CT molecular complexity index is 358. The lowest BCUT2D eigenvalue weighted by atomic mass is 9.98. The molecule has 15 heavy (non-hydrogen) atoms. The smallest absolute Gasteiger partial charge is 0.123 e. The predicted molar refractivity (Wildman–Crippen MR) is 64.3 cm³/mol. The zero-order chi connectivity index (χ0) is 11.4. The highest BCUT2D eigenvalue weighted by Crippen LogP contribution is 2.29. The van der Waals surface area contributed by atoms with Crippen LogP contribution in [0.1, 0.15) is 24.1 Å². The number of hydrogen-bond donors (Lipinski definition) is 1. The molecule has 0 bridgehead atoms. The lowest BCUT2D eigenvalue weighted by Crippen LogP contribution is -2.18. The quantitative estimate of drug-likeness (QED) is 0.763. The Morgan fingerprint density at radius 1 is 1.47 bits per heavy atom. The Morgan fingerprint density at radius 2 is 2.13 bits per heavy atom. The normalized spacial score (nSPS) is 12.3. The molecule has 0 amide bonds. The summed E-state index contributed by atoms with van der Waals surface area (Å²) in [6.07, 6.45) is 0. The summed E-state index contributed by atoms with van der Waals surface area (Å²) in [5.41, 5.74) is 3.46. The first-order valence-corrected chi connectivity index (χ1v) is 5.07. The van der Waals surface area contributed by atoms with Crippen molar-refractivity contribution in [2.75, 3.05) is 14.2 Å². The zero-order valence-corrected chi connectivity index (χ0v) is 9.92. The fourth-order valence-electron chi connectivity index (χ4n) is 1.75. The van der Waals surface area contributed by atoms with Gasteiger partial charge in [-0.15, -0.1) is 0 Å². The van der Waals surface area contributed by atoms with Crippen molar-refractivity contribution in [1.29, 1.82) is 0 Å². The number of aryl methyl sites for hydroxylation is 1. The highest BCUT2D eigenvalue weighted by Gasteiger charge is 2.14. The largest absolute Gasteiger partial charge is 0.496 e. The van der Waals surface area contributed by atoms with E-state index in [2.05, 4.69) is 24.9 Å². The molecule has 0 aliphatic carbocycles. The highest BCUT2D eigenvalue weighted by molar-refractivity contribution is 5.42. The topological polar surface area (TPSA) is 21.3 Å². The van der Waals surface area contributed by atoms with Crippen LogP contribution in [0.15, 0.2) is 30.4 Å². The molecule has 0 saturated heterocycles.